The highest BCUT2D eigenvalue weighted by Gasteiger charge is 2.05. The van der Waals surface area contributed by atoms with E-state index in [-0.39, 0.29) is 0 Å². The van der Waals surface area contributed by atoms with Gasteiger partial charge >= 0.3 is 0 Å². The van der Waals surface area contributed by atoms with Gasteiger partial charge < -0.3 is 15.0 Å². The van der Waals surface area contributed by atoms with E-state index in [4.69, 9.17) is 4.74 Å². The average Bonchev–Trinajstić information content (AvgIpc) is 2.53. The number of nitrogens with one attached hydrogen (secondary N) is 1. The summed E-state index contributed by atoms with van der Waals surface area (Å²) in [6, 6.07) is 17.1. The lowest BCUT2D eigenvalue weighted by molar-refractivity contribution is 0.414. The summed E-state index contributed by atoms with van der Waals surface area (Å²) in [4.78, 5) is 2.11. The van der Waals surface area contributed by atoms with Gasteiger partial charge in [-0.2, -0.15) is 0 Å². The molecule has 112 valence electrons. The smallest absolute Gasteiger partial charge is 0.118 e. The highest BCUT2D eigenvalue weighted by Crippen LogP contribution is 2.18. The third-order valence-corrected chi connectivity index (χ3v) is 3.68. The molecule has 0 aliphatic rings. The zero-order valence-corrected chi connectivity index (χ0v) is 13.3. The Morgan fingerprint density at radius 1 is 1.00 bits per heavy atom. The van der Waals surface area contributed by atoms with Gasteiger partial charge in [-0.25, -0.2) is 0 Å². The van der Waals surface area contributed by atoms with E-state index in [2.05, 4.69) is 67.6 Å². The summed E-state index contributed by atoms with van der Waals surface area (Å²) < 4.78 is 5.18. The number of hydrogen-bond acceptors (Lipinski definition) is 3. The molecule has 1 unspecified atom stereocenters. The van der Waals surface area contributed by atoms with Crippen molar-refractivity contribution < 1.29 is 4.74 Å². The third-order valence-electron chi connectivity index (χ3n) is 3.68. The van der Waals surface area contributed by atoms with Crippen LogP contribution in [0.4, 0.5) is 5.69 Å². The van der Waals surface area contributed by atoms with Gasteiger partial charge in [0.2, 0.25) is 0 Å². The van der Waals surface area contributed by atoms with Crippen LogP contribution in [0.25, 0.3) is 0 Å². The number of rotatable bonds is 6. The molecule has 0 spiro atoms. The van der Waals surface area contributed by atoms with Crippen LogP contribution in [0.2, 0.25) is 0 Å². The molecule has 0 aliphatic heterocycles. The van der Waals surface area contributed by atoms with E-state index in [1.807, 2.05) is 12.1 Å². The molecule has 1 N–H and O–H groups in total. The van der Waals surface area contributed by atoms with Gasteiger partial charge in [-0.3, -0.25) is 0 Å². The number of methoxy groups -OCH3 is 1. The van der Waals surface area contributed by atoms with E-state index in [1.165, 1.54) is 16.8 Å². The average molecular weight is 284 g/mol. The summed E-state index contributed by atoms with van der Waals surface area (Å²) in [6.07, 6.45) is 0. The second-order valence-electron chi connectivity index (χ2n) is 5.44. The lowest BCUT2D eigenvalue weighted by atomic mass is 10.1. The molecule has 2 aromatic carbocycles. The van der Waals surface area contributed by atoms with Crippen molar-refractivity contribution >= 4 is 5.69 Å². The van der Waals surface area contributed by atoms with Crippen molar-refractivity contribution in [2.24, 2.45) is 0 Å². The van der Waals surface area contributed by atoms with Crippen molar-refractivity contribution in [1.29, 1.82) is 0 Å². The summed E-state index contributed by atoms with van der Waals surface area (Å²) >= 11 is 0. The molecule has 2 rings (SSSR count). The first-order chi connectivity index (χ1) is 10.1. The molecule has 0 aliphatic carbocycles. The molecule has 21 heavy (non-hydrogen) atoms. The molecule has 3 heteroatoms. The zero-order chi connectivity index (χ0) is 15.2. The molecule has 3 nitrogen and oxygen atoms in total. The maximum Gasteiger partial charge on any atom is 0.118 e. The van der Waals surface area contributed by atoms with E-state index < -0.39 is 0 Å². The minimum atomic E-state index is 0.310. The van der Waals surface area contributed by atoms with Crippen molar-refractivity contribution in [3.63, 3.8) is 0 Å². The molecule has 0 aromatic heterocycles. The van der Waals surface area contributed by atoms with Crippen LogP contribution in [0.3, 0.4) is 0 Å². The van der Waals surface area contributed by atoms with Crippen LogP contribution in [0.1, 0.15) is 24.1 Å². The molecule has 0 saturated carbocycles. The predicted molar refractivity (Wildman–Crippen MR) is 89.0 cm³/mol. The fraction of sp³-hybridized carbons (Fsp3) is 0.333. The highest BCUT2D eigenvalue weighted by atomic mass is 16.5. The summed E-state index contributed by atoms with van der Waals surface area (Å²) in [6.45, 7) is 3.04. The molecule has 0 fully saturated rings. The topological polar surface area (TPSA) is 24.5 Å². The molecule has 0 bridgehead atoms. The second kappa shape index (κ2) is 7.14. The Labute approximate surface area is 127 Å². The van der Waals surface area contributed by atoms with Gasteiger partial charge in [0.25, 0.3) is 0 Å². The van der Waals surface area contributed by atoms with E-state index in [0.29, 0.717) is 6.04 Å². The van der Waals surface area contributed by atoms with E-state index in [9.17, 15) is 0 Å². The van der Waals surface area contributed by atoms with Crippen molar-refractivity contribution in [1.82, 2.24) is 5.32 Å². The van der Waals surface area contributed by atoms with Crippen molar-refractivity contribution in [3.8, 4) is 5.75 Å². The first-order valence-electron chi connectivity index (χ1n) is 7.23. The van der Waals surface area contributed by atoms with Crippen LogP contribution in [0, 0.1) is 0 Å². The Balaban J connectivity index is 1.92. The number of anilines is 1. The van der Waals surface area contributed by atoms with Gasteiger partial charge in [0.1, 0.15) is 5.75 Å². The maximum atomic E-state index is 5.18. The lowest BCUT2D eigenvalue weighted by Gasteiger charge is -2.16. The first-order valence-corrected chi connectivity index (χ1v) is 7.23. The second-order valence-corrected chi connectivity index (χ2v) is 5.44. The van der Waals surface area contributed by atoms with E-state index in [1.54, 1.807) is 7.11 Å². The number of benzene rings is 2. The molecule has 1 atom stereocenters. The SMILES string of the molecule is COc1ccc(C(C)NCc2ccc(N(C)C)cc2)cc1. The van der Waals surface area contributed by atoms with E-state index in [0.717, 1.165) is 12.3 Å². The monoisotopic (exact) mass is 284 g/mol. The fourth-order valence-electron chi connectivity index (χ4n) is 2.19. The van der Waals surface area contributed by atoms with Gasteiger partial charge in [-0.15, -0.1) is 0 Å². The van der Waals surface area contributed by atoms with Crippen LogP contribution >= 0.6 is 0 Å². The van der Waals surface area contributed by atoms with Crippen LogP contribution < -0.4 is 15.0 Å². The van der Waals surface area contributed by atoms with Gasteiger partial charge in [-0.05, 0) is 42.3 Å². The van der Waals surface area contributed by atoms with Gasteiger partial charge in [-0.1, -0.05) is 24.3 Å². The minimum Gasteiger partial charge on any atom is -0.497 e. The van der Waals surface area contributed by atoms with Crippen LogP contribution in [-0.2, 0) is 6.54 Å². The Bertz CT molecular complexity index is 546. The van der Waals surface area contributed by atoms with Crippen LogP contribution in [-0.4, -0.2) is 21.2 Å². The van der Waals surface area contributed by atoms with Crippen LogP contribution in [0.5, 0.6) is 5.75 Å². The molecular weight excluding hydrogens is 260 g/mol. The fourth-order valence-corrected chi connectivity index (χ4v) is 2.19. The Morgan fingerprint density at radius 3 is 2.14 bits per heavy atom. The molecule has 0 radical (unpaired) electrons. The number of hydrogen-bond donors (Lipinski definition) is 1. The number of ether oxygens (including phenoxy) is 1. The Kier molecular flexibility index (Phi) is 5.23. The predicted octanol–water partition coefficient (Wildman–Crippen LogP) is 3.61. The Hall–Kier alpha value is -2.00. The van der Waals surface area contributed by atoms with Crippen molar-refractivity contribution in [2.75, 3.05) is 26.1 Å². The highest BCUT2D eigenvalue weighted by molar-refractivity contribution is 5.46. The third kappa shape index (κ3) is 4.23. The summed E-state index contributed by atoms with van der Waals surface area (Å²) in [5, 5.41) is 3.55. The van der Waals surface area contributed by atoms with Gasteiger partial charge in [0, 0.05) is 32.4 Å². The van der Waals surface area contributed by atoms with Crippen LogP contribution in [0.15, 0.2) is 48.5 Å². The molecule has 2 aromatic rings. The van der Waals surface area contributed by atoms with Gasteiger partial charge in [0.05, 0.1) is 7.11 Å². The first kappa shape index (κ1) is 15.4. The standard InChI is InChI=1S/C18H24N2O/c1-14(16-7-11-18(21-4)12-8-16)19-13-15-5-9-17(10-6-15)20(2)3/h5-12,14,19H,13H2,1-4H3. The molecule has 0 amide bonds. The zero-order valence-electron chi connectivity index (χ0n) is 13.3. The lowest BCUT2D eigenvalue weighted by Crippen LogP contribution is -2.18. The van der Waals surface area contributed by atoms with Gasteiger partial charge in [0.15, 0.2) is 0 Å². The molecule has 0 heterocycles. The molecular formula is C18H24N2O. The van der Waals surface area contributed by atoms with Crippen molar-refractivity contribution in [2.45, 2.75) is 19.5 Å². The maximum absolute atomic E-state index is 5.18. The summed E-state index contributed by atoms with van der Waals surface area (Å²) in [5.41, 5.74) is 3.78. The normalized spacial score (nSPS) is 12.0. The summed E-state index contributed by atoms with van der Waals surface area (Å²) in [5.74, 6) is 0.894. The van der Waals surface area contributed by atoms with Crippen molar-refractivity contribution in [3.05, 3.63) is 59.7 Å². The quantitative estimate of drug-likeness (QED) is 0.877. The summed E-state index contributed by atoms with van der Waals surface area (Å²) in [7, 11) is 5.80. The largest absolute Gasteiger partial charge is 0.497 e. The minimum absolute atomic E-state index is 0.310. The number of nitrogens with zero attached hydrogens (tertiary/aromatic N) is 1. The molecule has 0 saturated heterocycles. The van der Waals surface area contributed by atoms with E-state index >= 15 is 0 Å². The Morgan fingerprint density at radius 2 is 1.62 bits per heavy atom.